The summed E-state index contributed by atoms with van der Waals surface area (Å²) in [5.74, 6) is -3.76. The Morgan fingerprint density at radius 2 is 0.893 bits per heavy atom. The van der Waals surface area contributed by atoms with Crippen LogP contribution in [0.3, 0.4) is 0 Å². The van der Waals surface area contributed by atoms with Gasteiger partial charge in [0.15, 0.2) is 0 Å². The quantitative estimate of drug-likeness (QED) is 0.126. The number of rotatable bonds is 20. The first-order valence-corrected chi connectivity index (χ1v) is 18.8. The molecule has 1 aromatic rings. The van der Waals surface area contributed by atoms with Crippen LogP contribution in [0.1, 0.15) is 90.7 Å². The molecule has 319 valence electrons. The molecule has 0 bridgehead atoms. The fourth-order valence-corrected chi connectivity index (χ4v) is 6.55. The number of aryl methyl sites for hydroxylation is 2. The molecule has 15 nitrogen and oxygen atoms in total. The molecular weight excluding hydrogens is 870 g/mol. The maximum atomic E-state index is 12.8. The van der Waals surface area contributed by atoms with Crippen LogP contribution in [0.2, 0.25) is 0 Å². The number of hydrogen-bond acceptors (Lipinski definition) is 11. The van der Waals surface area contributed by atoms with E-state index in [1.165, 1.54) is 20.8 Å². The Labute approximate surface area is 365 Å². The summed E-state index contributed by atoms with van der Waals surface area (Å²) in [5, 5.41) is 31.0. The summed E-state index contributed by atoms with van der Waals surface area (Å²) in [6.07, 6.45) is 2.03. The SMILES string of the molecule is CC.CC(=O)CCC(C=O)N1CCN(C(CCC(C)=O)C(=O)O)CCN(C(CCC(C)=O)C(=O)O)CCN(C(CCc2ccc(C)cc2)C(=O)O)CC1.O.[CH3-].[Gd+3]. The zero-order chi connectivity index (χ0) is 40.1. The molecule has 1 fully saturated rings. The van der Waals surface area contributed by atoms with Crippen molar-refractivity contribution < 1.29 is 94.3 Å². The van der Waals surface area contributed by atoms with Crippen LogP contribution >= 0.6 is 0 Å². The minimum Gasteiger partial charge on any atom is -0.480 e. The van der Waals surface area contributed by atoms with Gasteiger partial charge in [0.2, 0.25) is 0 Å². The van der Waals surface area contributed by atoms with Gasteiger partial charge in [-0.2, -0.15) is 0 Å². The third-order valence-corrected chi connectivity index (χ3v) is 9.66. The molecule has 1 aromatic carbocycles. The van der Waals surface area contributed by atoms with E-state index in [-0.39, 0.29) is 167 Å². The molecule has 56 heavy (non-hydrogen) atoms. The van der Waals surface area contributed by atoms with E-state index in [1.54, 1.807) is 14.7 Å². The summed E-state index contributed by atoms with van der Waals surface area (Å²) in [4.78, 5) is 92.9. The maximum Gasteiger partial charge on any atom is 3.00 e. The predicted octanol–water partition coefficient (Wildman–Crippen LogP) is 2.84. The first-order chi connectivity index (χ1) is 25.1. The molecule has 2 rings (SSSR count). The number of nitrogens with zero attached hydrogens (tertiary/aromatic N) is 4. The van der Waals surface area contributed by atoms with Gasteiger partial charge in [0.1, 0.15) is 41.8 Å². The Morgan fingerprint density at radius 1 is 0.589 bits per heavy atom. The molecule has 4 unspecified atom stereocenters. The average molecular weight is 937 g/mol. The number of Topliss-reactive ketones (excluding diaryl/α,β-unsaturated/α-hetero) is 3. The maximum absolute atomic E-state index is 12.8. The van der Waals surface area contributed by atoms with E-state index in [1.807, 2.05) is 49.9 Å². The minimum absolute atomic E-state index is 0. The van der Waals surface area contributed by atoms with Gasteiger partial charge in [-0.05, 0) is 65.4 Å². The van der Waals surface area contributed by atoms with Crippen LogP contribution in [0, 0.1) is 54.3 Å². The molecule has 1 saturated heterocycles. The molecule has 1 aliphatic heterocycles. The summed E-state index contributed by atoms with van der Waals surface area (Å²) in [6, 6.07) is 4.06. The summed E-state index contributed by atoms with van der Waals surface area (Å²) in [7, 11) is 0. The fourth-order valence-electron chi connectivity index (χ4n) is 6.55. The minimum atomic E-state index is -1.15. The Bertz CT molecular complexity index is 1350. The van der Waals surface area contributed by atoms with Gasteiger partial charge < -0.3 is 47.4 Å². The van der Waals surface area contributed by atoms with E-state index in [0.717, 1.165) is 17.4 Å². The van der Waals surface area contributed by atoms with E-state index in [0.29, 0.717) is 6.42 Å². The van der Waals surface area contributed by atoms with Crippen molar-refractivity contribution >= 4 is 41.5 Å². The smallest absolute Gasteiger partial charge is 0.480 e. The van der Waals surface area contributed by atoms with E-state index in [9.17, 15) is 48.9 Å². The van der Waals surface area contributed by atoms with Gasteiger partial charge in [0.25, 0.3) is 0 Å². The summed E-state index contributed by atoms with van der Waals surface area (Å²) >= 11 is 0. The average Bonchev–Trinajstić information content (AvgIpc) is 3.09. The number of aldehydes is 1. The second-order valence-corrected chi connectivity index (χ2v) is 13.7. The van der Waals surface area contributed by atoms with Crippen molar-refractivity contribution in [2.75, 3.05) is 52.4 Å². The first-order valence-electron chi connectivity index (χ1n) is 18.8. The molecule has 4 atom stereocenters. The van der Waals surface area contributed by atoms with Crippen LogP contribution in [-0.4, -0.2) is 158 Å². The second-order valence-electron chi connectivity index (χ2n) is 13.7. The van der Waals surface area contributed by atoms with E-state index >= 15 is 0 Å². The zero-order valence-electron chi connectivity index (χ0n) is 34.4. The summed E-state index contributed by atoms with van der Waals surface area (Å²) in [5.41, 5.74) is 2.05. The number of carbonyl (C=O) groups is 7. The number of aliphatic carboxylic acids is 3. The molecule has 16 heteroatoms. The van der Waals surface area contributed by atoms with Crippen LogP contribution in [0.5, 0.6) is 0 Å². The predicted molar refractivity (Wildman–Crippen MR) is 211 cm³/mol. The van der Waals surface area contributed by atoms with Gasteiger partial charge in [0.05, 0.1) is 6.04 Å². The van der Waals surface area contributed by atoms with Gasteiger partial charge >= 0.3 is 57.8 Å². The van der Waals surface area contributed by atoms with Crippen molar-refractivity contribution in [3.05, 3.63) is 42.8 Å². The van der Waals surface area contributed by atoms with Crippen LogP contribution in [-0.2, 0) is 40.0 Å². The zero-order valence-corrected chi connectivity index (χ0v) is 36.6. The molecule has 5 N–H and O–H groups in total. The number of hydrogen-bond donors (Lipinski definition) is 3. The fraction of sp³-hybridized carbons (Fsp3) is 0.650. The van der Waals surface area contributed by atoms with Crippen molar-refractivity contribution in [2.24, 2.45) is 0 Å². The van der Waals surface area contributed by atoms with Crippen molar-refractivity contribution in [3.63, 3.8) is 0 Å². The van der Waals surface area contributed by atoms with Crippen molar-refractivity contribution in [1.29, 1.82) is 0 Å². The Hall–Kier alpha value is -2.57. The number of benzene rings is 1. The van der Waals surface area contributed by atoms with Gasteiger partial charge in [-0.3, -0.25) is 34.0 Å². The molecule has 0 saturated carbocycles. The molecular formula is C40H67GdN4O11+2. The monoisotopic (exact) mass is 937 g/mol. The molecule has 0 aliphatic carbocycles. The second kappa shape index (κ2) is 31.4. The van der Waals surface area contributed by atoms with Crippen LogP contribution < -0.4 is 0 Å². The molecule has 1 heterocycles. The van der Waals surface area contributed by atoms with Crippen LogP contribution in [0.4, 0.5) is 0 Å². The van der Waals surface area contributed by atoms with Crippen molar-refractivity contribution in [3.8, 4) is 0 Å². The number of carbonyl (C=O) groups excluding carboxylic acids is 4. The summed E-state index contributed by atoms with van der Waals surface area (Å²) < 4.78 is 0. The van der Waals surface area contributed by atoms with Gasteiger partial charge in [0, 0.05) is 71.6 Å². The van der Waals surface area contributed by atoms with E-state index in [4.69, 9.17) is 0 Å². The molecule has 0 spiro atoms. The topological polar surface area (TPSA) is 225 Å². The summed E-state index contributed by atoms with van der Waals surface area (Å²) in [6.45, 7) is 11.4. The van der Waals surface area contributed by atoms with Crippen molar-refractivity contribution in [2.45, 2.75) is 117 Å². The molecule has 0 amide bonds. The van der Waals surface area contributed by atoms with Crippen molar-refractivity contribution in [1.82, 2.24) is 19.6 Å². The Balaban J connectivity index is -0.00000552. The number of carboxylic acid groups (broad SMARTS) is 3. The van der Waals surface area contributed by atoms with Crippen LogP contribution in [0.15, 0.2) is 24.3 Å². The largest absolute Gasteiger partial charge is 3.00 e. The third-order valence-electron chi connectivity index (χ3n) is 9.66. The Kier molecular flexibility index (Phi) is 32.4. The van der Waals surface area contributed by atoms with Gasteiger partial charge in [-0.15, -0.1) is 0 Å². The molecule has 0 aromatic heterocycles. The van der Waals surface area contributed by atoms with E-state index in [2.05, 4.69) is 0 Å². The normalized spacial score (nSPS) is 16.8. The van der Waals surface area contributed by atoms with Gasteiger partial charge in [-0.25, -0.2) is 0 Å². The molecule has 1 radical (unpaired) electrons. The standard InChI is InChI=1S/C37H56N4O10.C2H6.CH3.Gd.H2O/c1-26-5-10-30(11-6-26)12-16-34(37(50)51)40-20-18-38(31(25-42)13-7-27(2)43)17-19-39(32(35(46)47)14-8-28(3)44)21-23-41(24-22-40)33(36(48)49)15-9-29(4)45;1-2;;;/h5-6,10-11,25,31-34H,7-9,12-24H2,1-4H3,(H,46,47)(H,48,49)(H,50,51);1-2H3;1H3;;1H2/q;;-1;+3;. The van der Waals surface area contributed by atoms with Gasteiger partial charge in [-0.1, -0.05) is 43.7 Å². The molecule has 1 aliphatic rings. The van der Waals surface area contributed by atoms with E-state index < -0.39 is 42.1 Å². The third kappa shape index (κ3) is 21.8. The number of ketones is 3. The van der Waals surface area contributed by atoms with Crippen LogP contribution in [0.25, 0.3) is 0 Å². The Morgan fingerprint density at radius 3 is 1.20 bits per heavy atom. The number of carboxylic acids is 3. The first kappa shape index (κ1) is 57.8.